The van der Waals surface area contributed by atoms with E-state index in [1.54, 1.807) is 21.3 Å². The number of rotatable bonds is 7. The molecule has 0 spiro atoms. The van der Waals surface area contributed by atoms with Gasteiger partial charge >= 0.3 is 0 Å². The SMILES string of the molecule is CCCCN(C)C(=NC)NCc1cc(OC)c(OC)cc1Br.I. The number of hydrogen-bond acceptors (Lipinski definition) is 3. The second-order valence-electron chi connectivity index (χ2n) is 4.97. The van der Waals surface area contributed by atoms with E-state index in [1.807, 2.05) is 12.1 Å². The molecule has 1 rings (SSSR count). The number of nitrogens with one attached hydrogen (secondary N) is 1. The van der Waals surface area contributed by atoms with Crippen LogP contribution in [0.3, 0.4) is 0 Å². The molecule has 0 bridgehead atoms. The van der Waals surface area contributed by atoms with Gasteiger partial charge in [0.2, 0.25) is 0 Å². The summed E-state index contributed by atoms with van der Waals surface area (Å²) in [6.07, 6.45) is 2.32. The zero-order chi connectivity index (χ0) is 16.5. The molecule has 0 saturated heterocycles. The number of guanidine groups is 1. The molecule has 0 aliphatic carbocycles. The van der Waals surface area contributed by atoms with Gasteiger partial charge in [0.05, 0.1) is 14.2 Å². The van der Waals surface area contributed by atoms with E-state index in [4.69, 9.17) is 9.47 Å². The highest BCUT2D eigenvalue weighted by Gasteiger charge is 2.11. The predicted molar refractivity (Wildman–Crippen MR) is 110 cm³/mol. The third kappa shape index (κ3) is 6.74. The van der Waals surface area contributed by atoms with E-state index in [2.05, 4.69) is 45.1 Å². The lowest BCUT2D eigenvalue weighted by Gasteiger charge is -2.22. The molecule has 23 heavy (non-hydrogen) atoms. The molecule has 0 aliphatic heterocycles. The van der Waals surface area contributed by atoms with E-state index < -0.39 is 0 Å². The Labute approximate surface area is 165 Å². The molecule has 0 fully saturated rings. The minimum Gasteiger partial charge on any atom is -0.493 e. The molecule has 1 aromatic carbocycles. The fourth-order valence-corrected chi connectivity index (χ4v) is 2.55. The molecule has 5 nitrogen and oxygen atoms in total. The summed E-state index contributed by atoms with van der Waals surface area (Å²) in [6, 6.07) is 3.88. The van der Waals surface area contributed by atoms with Crippen LogP contribution in [-0.4, -0.2) is 45.7 Å². The Morgan fingerprint density at radius 1 is 1.26 bits per heavy atom. The Morgan fingerprint density at radius 2 is 1.87 bits per heavy atom. The van der Waals surface area contributed by atoms with Gasteiger partial charge in [-0.05, 0) is 24.1 Å². The molecular weight excluding hydrogens is 473 g/mol. The van der Waals surface area contributed by atoms with E-state index >= 15 is 0 Å². The molecule has 7 heteroatoms. The average molecular weight is 500 g/mol. The lowest BCUT2D eigenvalue weighted by Crippen LogP contribution is -2.39. The normalized spacial score (nSPS) is 10.8. The van der Waals surface area contributed by atoms with E-state index in [0.717, 1.165) is 34.7 Å². The fraction of sp³-hybridized carbons (Fsp3) is 0.562. The number of ether oxygens (including phenoxy) is 2. The van der Waals surface area contributed by atoms with E-state index in [1.165, 1.54) is 6.42 Å². The molecule has 1 N–H and O–H groups in total. The van der Waals surface area contributed by atoms with Crippen molar-refractivity contribution in [2.75, 3.05) is 34.9 Å². The van der Waals surface area contributed by atoms with Gasteiger partial charge in [-0.25, -0.2) is 0 Å². The standard InChI is InChI=1S/C16H26BrN3O2.HI/c1-6-7-8-20(3)16(18-2)19-11-12-9-14(21-4)15(22-5)10-13(12)17;/h9-10H,6-8,11H2,1-5H3,(H,18,19);1H. The van der Waals surface area contributed by atoms with E-state index in [9.17, 15) is 0 Å². The topological polar surface area (TPSA) is 46.1 Å². The number of benzene rings is 1. The summed E-state index contributed by atoms with van der Waals surface area (Å²) in [4.78, 5) is 6.46. The van der Waals surface area contributed by atoms with Crippen molar-refractivity contribution in [3.8, 4) is 11.5 Å². The Kier molecular flexibility index (Phi) is 11.4. The summed E-state index contributed by atoms with van der Waals surface area (Å²) < 4.78 is 11.6. The van der Waals surface area contributed by atoms with Gasteiger partial charge in [-0.2, -0.15) is 0 Å². The summed E-state index contributed by atoms with van der Waals surface area (Å²) in [7, 11) is 7.12. The Morgan fingerprint density at radius 3 is 2.39 bits per heavy atom. The quantitative estimate of drug-likeness (QED) is 0.351. The maximum Gasteiger partial charge on any atom is 0.193 e. The van der Waals surface area contributed by atoms with E-state index in [-0.39, 0.29) is 24.0 Å². The maximum absolute atomic E-state index is 5.35. The third-order valence-corrected chi connectivity index (χ3v) is 4.15. The second-order valence-corrected chi connectivity index (χ2v) is 5.83. The van der Waals surface area contributed by atoms with Gasteiger partial charge in [0.1, 0.15) is 0 Å². The van der Waals surface area contributed by atoms with Gasteiger partial charge in [0.15, 0.2) is 17.5 Å². The minimum atomic E-state index is 0. The first-order chi connectivity index (χ1) is 10.6. The van der Waals surface area contributed by atoms with Gasteiger partial charge in [0.25, 0.3) is 0 Å². The van der Waals surface area contributed by atoms with Crippen molar-refractivity contribution < 1.29 is 9.47 Å². The summed E-state index contributed by atoms with van der Waals surface area (Å²) in [5.74, 6) is 2.31. The van der Waals surface area contributed by atoms with Crippen LogP contribution in [0.25, 0.3) is 0 Å². The monoisotopic (exact) mass is 499 g/mol. The van der Waals surface area contributed by atoms with Crippen molar-refractivity contribution in [2.45, 2.75) is 26.3 Å². The van der Waals surface area contributed by atoms with E-state index in [0.29, 0.717) is 12.3 Å². The molecule has 132 valence electrons. The van der Waals surface area contributed by atoms with Crippen molar-refractivity contribution in [2.24, 2.45) is 4.99 Å². The Bertz CT molecular complexity index is 512. The minimum absolute atomic E-state index is 0. The van der Waals surface area contributed by atoms with Gasteiger partial charge in [0, 0.05) is 31.7 Å². The predicted octanol–water partition coefficient (Wildman–Crippen LogP) is 3.89. The van der Waals surface area contributed by atoms with Crippen LogP contribution in [0.2, 0.25) is 0 Å². The van der Waals surface area contributed by atoms with Crippen molar-refractivity contribution in [3.63, 3.8) is 0 Å². The molecule has 0 saturated carbocycles. The third-order valence-electron chi connectivity index (χ3n) is 3.41. The molecule has 0 unspecified atom stereocenters. The highest BCUT2D eigenvalue weighted by molar-refractivity contribution is 14.0. The zero-order valence-corrected chi connectivity index (χ0v) is 18.4. The number of aliphatic imine (C=N–C) groups is 1. The Hall–Kier alpha value is -0.700. The number of methoxy groups -OCH3 is 2. The molecule has 0 heterocycles. The van der Waals surface area contributed by atoms with Crippen molar-refractivity contribution in [1.82, 2.24) is 10.2 Å². The van der Waals surface area contributed by atoms with Crippen molar-refractivity contribution >= 4 is 45.9 Å². The molecule has 1 aromatic rings. The van der Waals surface area contributed by atoms with Gasteiger partial charge in [-0.1, -0.05) is 29.3 Å². The van der Waals surface area contributed by atoms with Crippen molar-refractivity contribution in [3.05, 3.63) is 22.2 Å². The average Bonchev–Trinajstić information content (AvgIpc) is 2.54. The molecular formula is C16H27BrIN3O2. The van der Waals surface area contributed by atoms with Crippen LogP contribution in [-0.2, 0) is 6.54 Å². The number of nitrogens with zero attached hydrogens (tertiary/aromatic N) is 2. The lowest BCUT2D eigenvalue weighted by atomic mass is 10.2. The summed E-state index contributed by atoms with van der Waals surface area (Å²) in [5, 5.41) is 3.37. The largest absolute Gasteiger partial charge is 0.493 e. The van der Waals surface area contributed by atoms with Crippen LogP contribution in [0.15, 0.2) is 21.6 Å². The number of unbranched alkanes of at least 4 members (excludes halogenated alkanes) is 1. The molecule has 0 atom stereocenters. The first-order valence-corrected chi connectivity index (χ1v) is 8.18. The number of halogens is 2. The lowest BCUT2D eigenvalue weighted by molar-refractivity contribution is 0.354. The number of hydrogen-bond donors (Lipinski definition) is 1. The summed E-state index contributed by atoms with van der Waals surface area (Å²) in [5.41, 5.74) is 1.09. The highest BCUT2D eigenvalue weighted by Crippen LogP contribution is 2.33. The fourth-order valence-electron chi connectivity index (χ4n) is 2.09. The maximum atomic E-state index is 5.35. The smallest absolute Gasteiger partial charge is 0.193 e. The van der Waals surface area contributed by atoms with Crippen LogP contribution in [0, 0.1) is 0 Å². The van der Waals surface area contributed by atoms with Gasteiger partial charge < -0.3 is 19.7 Å². The zero-order valence-electron chi connectivity index (χ0n) is 14.5. The molecule has 0 aromatic heterocycles. The first-order valence-electron chi connectivity index (χ1n) is 7.39. The van der Waals surface area contributed by atoms with Crippen molar-refractivity contribution in [1.29, 1.82) is 0 Å². The Balaban J connectivity index is 0.00000484. The molecule has 0 amide bonds. The van der Waals surface area contributed by atoms with Crippen LogP contribution < -0.4 is 14.8 Å². The van der Waals surface area contributed by atoms with Crippen LogP contribution >= 0.6 is 39.9 Å². The van der Waals surface area contributed by atoms with Crippen LogP contribution in [0.4, 0.5) is 0 Å². The second kappa shape index (κ2) is 11.8. The van der Waals surface area contributed by atoms with Crippen LogP contribution in [0.5, 0.6) is 11.5 Å². The van der Waals surface area contributed by atoms with Gasteiger partial charge in [-0.3, -0.25) is 4.99 Å². The molecule has 0 aliphatic rings. The van der Waals surface area contributed by atoms with Gasteiger partial charge in [-0.15, -0.1) is 24.0 Å². The molecule has 0 radical (unpaired) electrons. The first kappa shape index (κ1) is 22.3. The van der Waals surface area contributed by atoms with Crippen LogP contribution in [0.1, 0.15) is 25.3 Å². The summed E-state index contributed by atoms with van der Waals surface area (Å²) in [6.45, 7) is 3.83. The highest BCUT2D eigenvalue weighted by atomic mass is 127. The summed E-state index contributed by atoms with van der Waals surface area (Å²) >= 11 is 3.57.